The molecule has 0 fully saturated rings. The molecule has 0 aliphatic rings. The topological polar surface area (TPSA) is 113 Å². The number of carbonyl (C=O) groups is 1. The Morgan fingerprint density at radius 2 is 1.19 bits per heavy atom. The summed E-state index contributed by atoms with van der Waals surface area (Å²) < 4.78 is 21.0. The molecule has 0 spiro atoms. The van der Waals surface area contributed by atoms with Gasteiger partial charge in [0, 0.05) is 6.61 Å². The molecule has 0 bridgehead atoms. The summed E-state index contributed by atoms with van der Waals surface area (Å²) in [7, 11) is -4.45. The minimum atomic E-state index is -4.45. The number of hydrogen-bond donors (Lipinski definition) is 3. The van der Waals surface area contributed by atoms with Crippen molar-refractivity contribution in [1.82, 2.24) is 0 Å². The van der Waals surface area contributed by atoms with Crippen molar-refractivity contribution in [3.63, 3.8) is 0 Å². The number of hydrogen-bond acceptors (Lipinski definition) is 5. The van der Waals surface area contributed by atoms with Crippen molar-refractivity contribution < 1.29 is 33.7 Å². The maximum atomic E-state index is 11.3. The molecule has 0 radical (unpaired) electrons. The van der Waals surface area contributed by atoms with Gasteiger partial charge in [0.15, 0.2) is 0 Å². The SMILES string of the molecule is CCCCCCCCCCCCCCCCCCOC[C@H](CO)OC(=O)CP(=O)(O)O. The van der Waals surface area contributed by atoms with E-state index < -0.39 is 32.4 Å². The van der Waals surface area contributed by atoms with Crippen molar-refractivity contribution in [3.8, 4) is 0 Å². The molecule has 0 heterocycles. The second-order valence-electron chi connectivity index (χ2n) is 8.50. The lowest BCUT2D eigenvalue weighted by Gasteiger charge is -2.16. The molecule has 0 aliphatic heterocycles. The number of ether oxygens (including phenoxy) is 2. The van der Waals surface area contributed by atoms with Crippen LogP contribution in [0.5, 0.6) is 0 Å². The summed E-state index contributed by atoms with van der Waals surface area (Å²) in [5, 5.41) is 9.17. The summed E-state index contributed by atoms with van der Waals surface area (Å²) in [5.41, 5.74) is 0. The Hall–Kier alpha value is -0.460. The monoisotopic (exact) mass is 466 g/mol. The van der Waals surface area contributed by atoms with E-state index in [2.05, 4.69) is 6.92 Å². The van der Waals surface area contributed by atoms with Crippen LogP contribution in [-0.4, -0.2) is 52.9 Å². The average molecular weight is 467 g/mol. The molecule has 1 atom stereocenters. The minimum Gasteiger partial charge on any atom is -0.457 e. The quantitative estimate of drug-likeness (QED) is 0.106. The molecule has 7 nitrogen and oxygen atoms in total. The van der Waals surface area contributed by atoms with Crippen LogP contribution in [0.15, 0.2) is 0 Å². The first-order valence-electron chi connectivity index (χ1n) is 12.3. The van der Waals surface area contributed by atoms with Gasteiger partial charge in [-0.3, -0.25) is 9.36 Å². The first-order chi connectivity index (χ1) is 14.9. The van der Waals surface area contributed by atoms with Gasteiger partial charge in [0.2, 0.25) is 0 Å². The van der Waals surface area contributed by atoms with E-state index in [4.69, 9.17) is 24.4 Å². The standard InChI is InChI=1S/C23H47O7P/c1-2-3-4-5-6-7-8-9-10-11-12-13-14-15-16-17-18-29-20-22(19-24)30-23(25)21-31(26,27)28/h22,24H,2-21H2,1H3,(H2,26,27,28)/t22-/m0/s1. The third-order valence-corrected chi connectivity index (χ3v) is 5.95. The smallest absolute Gasteiger partial charge is 0.336 e. The molecule has 0 saturated carbocycles. The van der Waals surface area contributed by atoms with Crippen LogP contribution >= 0.6 is 7.60 Å². The summed E-state index contributed by atoms with van der Waals surface area (Å²) in [6, 6.07) is 0. The Labute approximate surface area is 189 Å². The van der Waals surface area contributed by atoms with E-state index >= 15 is 0 Å². The van der Waals surface area contributed by atoms with Crippen LogP contribution in [0.25, 0.3) is 0 Å². The molecular weight excluding hydrogens is 419 g/mol. The Morgan fingerprint density at radius 3 is 1.58 bits per heavy atom. The predicted octanol–water partition coefficient (Wildman–Crippen LogP) is 5.35. The summed E-state index contributed by atoms with van der Waals surface area (Å²) >= 11 is 0. The van der Waals surface area contributed by atoms with E-state index in [1.165, 1.54) is 89.9 Å². The van der Waals surface area contributed by atoms with Crippen LogP contribution in [0.1, 0.15) is 110 Å². The van der Waals surface area contributed by atoms with Crippen LogP contribution in [-0.2, 0) is 18.8 Å². The molecule has 0 amide bonds. The fourth-order valence-corrected chi connectivity index (χ4v) is 3.89. The lowest BCUT2D eigenvalue weighted by Crippen LogP contribution is -2.28. The van der Waals surface area contributed by atoms with Gasteiger partial charge in [0.05, 0.1) is 13.2 Å². The van der Waals surface area contributed by atoms with Crippen LogP contribution < -0.4 is 0 Å². The lowest BCUT2D eigenvalue weighted by molar-refractivity contribution is -0.151. The first kappa shape index (κ1) is 30.5. The summed E-state index contributed by atoms with van der Waals surface area (Å²) in [6.45, 7) is 2.37. The lowest BCUT2D eigenvalue weighted by atomic mass is 10.0. The van der Waals surface area contributed by atoms with Gasteiger partial charge < -0.3 is 24.4 Å². The van der Waals surface area contributed by atoms with Crippen LogP contribution in [0, 0.1) is 0 Å². The largest absolute Gasteiger partial charge is 0.457 e. The van der Waals surface area contributed by atoms with Gasteiger partial charge in [0.25, 0.3) is 0 Å². The molecule has 3 N–H and O–H groups in total. The van der Waals surface area contributed by atoms with Gasteiger partial charge in [-0.25, -0.2) is 0 Å². The van der Waals surface area contributed by atoms with E-state index in [1.807, 2.05) is 0 Å². The average Bonchev–Trinajstić information content (AvgIpc) is 2.70. The van der Waals surface area contributed by atoms with Crippen molar-refractivity contribution in [2.45, 2.75) is 116 Å². The Morgan fingerprint density at radius 1 is 0.774 bits per heavy atom. The molecule has 31 heavy (non-hydrogen) atoms. The third kappa shape index (κ3) is 24.0. The van der Waals surface area contributed by atoms with Gasteiger partial charge in [-0.05, 0) is 6.42 Å². The number of unbranched alkanes of at least 4 members (excludes halogenated alkanes) is 15. The Bertz CT molecular complexity index is 453. The van der Waals surface area contributed by atoms with E-state index in [0.717, 1.165) is 12.8 Å². The van der Waals surface area contributed by atoms with Crippen molar-refractivity contribution in [1.29, 1.82) is 0 Å². The number of esters is 1. The Balaban J connectivity index is 3.35. The zero-order valence-electron chi connectivity index (χ0n) is 19.6. The van der Waals surface area contributed by atoms with Gasteiger partial charge in [-0.1, -0.05) is 103 Å². The number of rotatable bonds is 23. The summed E-state index contributed by atoms with van der Waals surface area (Å²) in [4.78, 5) is 28.8. The molecule has 0 rings (SSSR count). The first-order valence-corrected chi connectivity index (χ1v) is 14.1. The minimum absolute atomic E-state index is 0.0299. The van der Waals surface area contributed by atoms with Gasteiger partial charge in [-0.15, -0.1) is 0 Å². The third-order valence-electron chi connectivity index (χ3n) is 5.28. The molecule has 0 unspecified atom stereocenters. The molecule has 0 aromatic heterocycles. The summed E-state index contributed by atoms with van der Waals surface area (Å²) in [6.07, 6.45) is 19.0. The van der Waals surface area contributed by atoms with Crippen molar-refractivity contribution in [2.24, 2.45) is 0 Å². The van der Waals surface area contributed by atoms with Crippen molar-refractivity contribution >= 4 is 13.6 Å². The molecule has 0 aromatic carbocycles. The molecule has 0 saturated heterocycles. The maximum absolute atomic E-state index is 11.3. The highest BCUT2D eigenvalue weighted by molar-refractivity contribution is 7.52. The highest BCUT2D eigenvalue weighted by atomic mass is 31.2. The van der Waals surface area contributed by atoms with Gasteiger partial charge in [0.1, 0.15) is 12.3 Å². The maximum Gasteiger partial charge on any atom is 0.336 e. The number of aliphatic hydroxyl groups excluding tert-OH is 1. The van der Waals surface area contributed by atoms with Crippen LogP contribution in [0.3, 0.4) is 0 Å². The van der Waals surface area contributed by atoms with Crippen LogP contribution in [0.2, 0.25) is 0 Å². The van der Waals surface area contributed by atoms with E-state index in [1.54, 1.807) is 0 Å². The summed E-state index contributed by atoms with van der Waals surface area (Å²) in [5.74, 6) is -1.03. The molecule has 0 aliphatic carbocycles. The molecular formula is C23H47O7P. The Kier molecular flexibility index (Phi) is 21.1. The zero-order valence-corrected chi connectivity index (χ0v) is 20.5. The van der Waals surface area contributed by atoms with E-state index in [-0.39, 0.29) is 6.61 Å². The molecule has 186 valence electrons. The fraction of sp³-hybridized carbons (Fsp3) is 0.957. The van der Waals surface area contributed by atoms with E-state index in [9.17, 15) is 9.36 Å². The highest BCUT2D eigenvalue weighted by Gasteiger charge is 2.23. The highest BCUT2D eigenvalue weighted by Crippen LogP contribution is 2.33. The predicted molar refractivity (Wildman–Crippen MR) is 124 cm³/mol. The van der Waals surface area contributed by atoms with Gasteiger partial charge in [-0.2, -0.15) is 0 Å². The second kappa shape index (κ2) is 21.4. The second-order valence-corrected chi connectivity index (χ2v) is 10.1. The van der Waals surface area contributed by atoms with E-state index in [0.29, 0.717) is 6.61 Å². The van der Waals surface area contributed by atoms with Crippen molar-refractivity contribution in [3.05, 3.63) is 0 Å². The number of aliphatic hydroxyl groups is 1. The number of carbonyl (C=O) groups excluding carboxylic acids is 1. The molecule has 0 aromatic rings. The van der Waals surface area contributed by atoms with Crippen LogP contribution in [0.4, 0.5) is 0 Å². The normalized spacial score (nSPS) is 12.8. The fourth-order valence-electron chi connectivity index (χ4n) is 3.48. The molecule has 8 heteroatoms. The van der Waals surface area contributed by atoms with Crippen molar-refractivity contribution in [2.75, 3.05) is 26.0 Å². The zero-order chi connectivity index (χ0) is 23.2. The van der Waals surface area contributed by atoms with Gasteiger partial charge >= 0.3 is 13.6 Å².